The molecule has 1 unspecified atom stereocenters. The van der Waals surface area contributed by atoms with Gasteiger partial charge in [-0.25, -0.2) is 0 Å². The molecule has 0 amide bonds. The minimum Gasteiger partial charge on any atom is -0.310 e. The van der Waals surface area contributed by atoms with Gasteiger partial charge in [0.2, 0.25) is 0 Å². The summed E-state index contributed by atoms with van der Waals surface area (Å²) in [7, 11) is 0. The van der Waals surface area contributed by atoms with Crippen molar-refractivity contribution in [2.24, 2.45) is 0 Å². The van der Waals surface area contributed by atoms with Gasteiger partial charge in [0.05, 0.1) is 0 Å². The fourth-order valence-electron chi connectivity index (χ4n) is 11.4. The molecule has 0 aromatic heterocycles. The van der Waals surface area contributed by atoms with Gasteiger partial charge in [-0.2, -0.15) is 0 Å². The Morgan fingerprint density at radius 3 is 1.35 bits per heavy atom. The summed E-state index contributed by atoms with van der Waals surface area (Å²) >= 11 is 0. The Morgan fingerprint density at radius 2 is 0.809 bits per heavy atom. The number of benzene rings is 9. The van der Waals surface area contributed by atoms with Crippen LogP contribution in [0.25, 0.3) is 39.0 Å². The molecule has 9 aromatic carbocycles. The maximum absolute atomic E-state index is 2.42. The van der Waals surface area contributed by atoms with Gasteiger partial charge in [0.15, 0.2) is 0 Å². The van der Waals surface area contributed by atoms with E-state index in [9.17, 15) is 0 Å². The van der Waals surface area contributed by atoms with E-state index in [0.717, 1.165) is 29.2 Å². The minimum absolute atomic E-state index is 0.0748. The fraction of sp³-hybridized carbons (Fsp3) is 0.121. The quantitative estimate of drug-likeness (QED) is 0.143. The van der Waals surface area contributed by atoms with E-state index in [1.807, 2.05) is 0 Å². The molecule has 0 N–H and O–H groups in total. The maximum Gasteiger partial charge on any atom is 0.0467 e. The molecule has 0 saturated heterocycles. The molecule has 0 aliphatic heterocycles. The lowest BCUT2D eigenvalue weighted by atomic mass is 9.82. The van der Waals surface area contributed by atoms with E-state index in [2.05, 4.69) is 274 Å². The number of para-hydroxylation sites is 2. The zero-order valence-electron chi connectivity index (χ0n) is 39.2. The van der Waals surface area contributed by atoms with Crippen LogP contribution in [0.4, 0.5) is 34.1 Å². The summed E-state index contributed by atoms with van der Waals surface area (Å²) in [6.45, 7) is 9.42. The number of fused-ring (bicyclic) bond motifs is 6. The second-order valence-electron chi connectivity index (χ2n) is 19.7. The minimum atomic E-state index is -0.0804. The van der Waals surface area contributed by atoms with Crippen LogP contribution >= 0.6 is 0 Å². The van der Waals surface area contributed by atoms with Gasteiger partial charge in [-0.3, -0.25) is 0 Å². The second-order valence-corrected chi connectivity index (χ2v) is 19.7. The monoisotopic (exact) mass is 874 g/mol. The topological polar surface area (TPSA) is 6.48 Å². The van der Waals surface area contributed by atoms with Crippen molar-refractivity contribution in [3.05, 3.63) is 270 Å². The van der Waals surface area contributed by atoms with Gasteiger partial charge in [-0.1, -0.05) is 192 Å². The first kappa shape index (κ1) is 41.5. The van der Waals surface area contributed by atoms with E-state index < -0.39 is 0 Å². The van der Waals surface area contributed by atoms with E-state index >= 15 is 0 Å². The summed E-state index contributed by atoms with van der Waals surface area (Å²) in [5.74, 6) is 0.284. The van der Waals surface area contributed by atoms with Crippen LogP contribution in [0.3, 0.4) is 0 Å². The number of rotatable bonds is 9. The predicted molar refractivity (Wildman–Crippen MR) is 287 cm³/mol. The van der Waals surface area contributed by atoms with Crippen LogP contribution in [0.5, 0.6) is 0 Å². The number of hydrogen-bond acceptors (Lipinski definition) is 2. The van der Waals surface area contributed by atoms with Crippen LogP contribution in [-0.2, 0) is 10.8 Å². The van der Waals surface area contributed by atoms with E-state index in [1.54, 1.807) is 0 Å². The molecule has 0 radical (unpaired) electrons. The Bertz CT molecular complexity index is 3430. The zero-order chi connectivity index (χ0) is 46.0. The van der Waals surface area contributed by atoms with Crippen LogP contribution in [0.1, 0.15) is 73.4 Å². The lowest BCUT2D eigenvalue weighted by molar-refractivity contribution is 0.660. The maximum atomic E-state index is 2.42. The van der Waals surface area contributed by atoms with E-state index in [-0.39, 0.29) is 16.7 Å². The lowest BCUT2D eigenvalue weighted by Crippen LogP contribution is -2.16. The van der Waals surface area contributed by atoms with Gasteiger partial charge in [0.1, 0.15) is 0 Å². The highest BCUT2D eigenvalue weighted by Crippen LogP contribution is 2.52. The highest BCUT2D eigenvalue weighted by molar-refractivity contribution is 5.88. The Kier molecular flexibility index (Phi) is 10.0. The van der Waals surface area contributed by atoms with Crippen molar-refractivity contribution in [3.8, 4) is 33.4 Å². The summed E-state index contributed by atoms with van der Waals surface area (Å²) < 4.78 is 0. The van der Waals surface area contributed by atoms with Crippen molar-refractivity contribution in [1.29, 1.82) is 0 Å². The molecular weight excluding hydrogens is 821 g/mol. The average molecular weight is 875 g/mol. The first-order valence-corrected chi connectivity index (χ1v) is 24.1. The highest BCUT2D eigenvalue weighted by Gasteiger charge is 2.37. The summed E-state index contributed by atoms with van der Waals surface area (Å²) in [6.07, 6.45) is 8.07. The third-order valence-electron chi connectivity index (χ3n) is 15.0. The molecule has 2 nitrogen and oxygen atoms in total. The summed E-state index contributed by atoms with van der Waals surface area (Å²) in [5.41, 5.74) is 23.9. The average Bonchev–Trinajstić information content (AvgIpc) is 3.76. The molecule has 68 heavy (non-hydrogen) atoms. The molecule has 0 spiro atoms. The van der Waals surface area contributed by atoms with Gasteiger partial charge in [-0.15, -0.1) is 0 Å². The van der Waals surface area contributed by atoms with Crippen molar-refractivity contribution in [2.75, 3.05) is 9.80 Å². The first-order chi connectivity index (χ1) is 33.2. The molecule has 0 bridgehead atoms. The van der Waals surface area contributed by atoms with E-state index in [1.165, 1.54) is 83.7 Å². The molecule has 1 atom stereocenters. The molecule has 0 heterocycles. The first-order valence-electron chi connectivity index (χ1n) is 24.1. The summed E-state index contributed by atoms with van der Waals surface area (Å²) in [6, 6.07) is 80.6. The molecule has 9 aromatic rings. The third-order valence-corrected chi connectivity index (χ3v) is 15.0. The summed E-state index contributed by atoms with van der Waals surface area (Å²) in [4.78, 5) is 4.81. The summed E-state index contributed by atoms with van der Waals surface area (Å²) in [5, 5.41) is 0. The van der Waals surface area contributed by atoms with Gasteiger partial charge >= 0.3 is 0 Å². The number of anilines is 6. The van der Waals surface area contributed by atoms with Crippen LogP contribution in [0.15, 0.2) is 237 Å². The molecule has 328 valence electrons. The molecule has 3 aliphatic carbocycles. The molecule has 3 aliphatic rings. The van der Waals surface area contributed by atoms with Gasteiger partial charge in [-0.05, 0) is 152 Å². The standard InChI is InChI=1S/C66H54N2/c1-65(2)61-27-13-11-25-57(61)59-39-37-55(43-63(59)65)67(51-19-7-5-8-20-51)53-23-15-17-49(41-53)47-33-29-45(30-34-47)46-31-35-48(36-32-46)50-18-16-24-54(42-50)68(52-21-9-6-10-22-52)56-38-40-60-58-26-12-14-28-62(58)66(3,4)64(60)44-56/h5-35,37-44,48H,36H2,1-4H3. The molecular formula is C66H54N2. The molecule has 2 heteroatoms. The van der Waals surface area contributed by atoms with Crippen molar-refractivity contribution >= 4 is 39.7 Å². The Labute approximate surface area is 401 Å². The van der Waals surface area contributed by atoms with Gasteiger partial charge in [0.25, 0.3) is 0 Å². The van der Waals surface area contributed by atoms with Gasteiger partial charge < -0.3 is 9.80 Å². The largest absolute Gasteiger partial charge is 0.310 e. The van der Waals surface area contributed by atoms with Crippen molar-refractivity contribution in [2.45, 2.75) is 50.9 Å². The van der Waals surface area contributed by atoms with E-state index in [0.29, 0.717) is 0 Å². The number of hydrogen-bond donors (Lipinski definition) is 0. The van der Waals surface area contributed by atoms with E-state index in [4.69, 9.17) is 0 Å². The number of nitrogens with zero attached hydrogens (tertiary/aromatic N) is 2. The Hall–Kier alpha value is -7.94. The Morgan fingerprint density at radius 1 is 0.353 bits per heavy atom. The SMILES string of the molecule is CC1(C)c2ccccc2-c2ccc(N(c3ccccc3)c3cccc(-c4ccc(C5=CCC(c6cccc(N(c7ccccc7)c7ccc8c(c7)C(C)(C)c7ccccc7-8)c6)C=C5)cc4)c3)cc21. The molecule has 12 rings (SSSR count). The molecule has 0 saturated carbocycles. The van der Waals surface area contributed by atoms with Crippen LogP contribution in [0.2, 0.25) is 0 Å². The van der Waals surface area contributed by atoms with Crippen LogP contribution < -0.4 is 9.80 Å². The highest BCUT2D eigenvalue weighted by atomic mass is 15.1. The van der Waals surface area contributed by atoms with Crippen LogP contribution in [0, 0.1) is 0 Å². The predicted octanol–water partition coefficient (Wildman–Crippen LogP) is 18.0. The normalized spacial score (nSPS) is 15.7. The fourth-order valence-corrected chi connectivity index (χ4v) is 11.4. The number of allylic oxidation sites excluding steroid dienone is 4. The molecule has 0 fully saturated rings. The van der Waals surface area contributed by atoms with Gasteiger partial charge in [0, 0.05) is 50.9 Å². The smallest absolute Gasteiger partial charge is 0.0467 e. The lowest BCUT2D eigenvalue weighted by Gasteiger charge is -2.29. The van der Waals surface area contributed by atoms with Crippen molar-refractivity contribution in [3.63, 3.8) is 0 Å². The zero-order valence-corrected chi connectivity index (χ0v) is 39.2. The van der Waals surface area contributed by atoms with Crippen molar-refractivity contribution in [1.82, 2.24) is 0 Å². The second kappa shape index (κ2) is 16.4. The third kappa shape index (κ3) is 7.02. The Balaban J connectivity index is 0.796. The van der Waals surface area contributed by atoms with Crippen molar-refractivity contribution < 1.29 is 0 Å². The van der Waals surface area contributed by atoms with Crippen LogP contribution in [-0.4, -0.2) is 0 Å².